The molecular weight excluding hydrogens is 412 g/mol. The van der Waals surface area contributed by atoms with Crippen LogP contribution in [-0.4, -0.2) is 34.1 Å². The molecular formula is C27H28N4O2. The van der Waals surface area contributed by atoms with Crippen LogP contribution in [0, 0.1) is 13.8 Å². The fraction of sp³-hybridized carbons (Fsp3) is 0.259. The Balaban J connectivity index is 1.60. The molecule has 2 aromatic carbocycles. The minimum absolute atomic E-state index is 0.130. The fourth-order valence-corrected chi connectivity index (χ4v) is 4.91. The minimum atomic E-state index is -0.304. The third kappa shape index (κ3) is 3.82. The number of carbonyl (C=O) groups excluding carboxylic acids is 1. The Labute approximate surface area is 194 Å². The van der Waals surface area contributed by atoms with Crippen LogP contribution < -0.4 is 10.1 Å². The molecule has 3 aliphatic rings. The molecule has 0 fully saturated rings. The van der Waals surface area contributed by atoms with Crippen molar-refractivity contribution < 1.29 is 9.53 Å². The van der Waals surface area contributed by atoms with E-state index in [0.29, 0.717) is 6.54 Å². The van der Waals surface area contributed by atoms with Gasteiger partial charge in [0.15, 0.2) is 0 Å². The van der Waals surface area contributed by atoms with Crippen LogP contribution in [0.1, 0.15) is 34.0 Å². The maximum atomic E-state index is 13.6. The van der Waals surface area contributed by atoms with Gasteiger partial charge in [-0.3, -0.25) is 0 Å². The molecule has 168 valence electrons. The third-order valence-electron chi connectivity index (χ3n) is 6.32. The van der Waals surface area contributed by atoms with E-state index in [4.69, 9.17) is 9.72 Å². The van der Waals surface area contributed by atoms with Crippen molar-refractivity contribution in [2.75, 3.05) is 19.0 Å². The van der Waals surface area contributed by atoms with Gasteiger partial charge in [-0.25, -0.2) is 9.78 Å². The number of aromatic nitrogens is 2. The Morgan fingerprint density at radius 2 is 1.88 bits per heavy atom. The number of amides is 2. The number of anilines is 1. The SMILES string of the molecule is COc1cccc(C2c3nc4n(C)cccc-4c3CCN2C(=O)Nc2cc(C)cc(C)c2)c1. The number of carbonyl (C=O) groups is 1. The van der Waals surface area contributed by atoms with Gasteiger partial charge >= 0.3 is 6.03 Å². The molecule has 6 nitrogen and oxygen atoms in total. The van der Waals surface area contributed by atoms with Gasteiger partial charge in [0, 0.05) is 31.0 Å². The summed E-state index contributed by atoms with van der Waals surface area (Å²) in [6.07, 6.45) is 2.77. The summed E-state index contributed by atoms with van der Waals surface area (Å²) in [4.78, 5) is 20.5. The Morgan fingerprint density at radius 1 is 1.09 bits per heavy atom. The molecule has 5 rings (SSSR count). The highest BCUT2D eigenvalue weighted by molar-refractivity contribution is 5.90. The lowest BCUT2D eigenvalue weighted by atomic mass is 9.92. The van der Waals surface area contributed by atoms with E-state index in [0.717, 1.165) is 51.6 Å². The summed E-state index contributed by atoms with van der Waals surface area (Å²) in [5.74, 6) is 1.70. The van der Waals surface area contributed by atoms with Crippen molar-refractivity contribution in [3.05, 3.63) is 88.7 Å². The van der Waals surface area contributed by atoms with Gasteiger partial charge in [-0.15, -0.1) is 0 Å². The second-order valence-corrected chi connectivity index (χ2v) is 8.76. The number of benzene rings is 2. The van der Waals surface area contributed by atoms with Crippen molar-refractivity contribution in [3.63, 3.8) is 0 Å². The van der Waals surface area contributed by atoms with Crippen LogP contribution in [0.25, 0.3) is 11.4 Å². The van der Waals surface area contributed by atoms with E-state index in [2.05, 4.69) is 17.4 Å². The van der Waals surface area contributed by atoms with E-state index in [1.165, 1.54) is 5.56 Å². The highest BCUT2D eigenvalue weighted by Crippen LogP contribution is 2.41. The number of nitrogens with zero attached hydrogens (tertiary/aromatic N) is 3. The van der Waals surface area contributed by atoms with Crippen LogP contribution in [0.2, 0.25) is 0 Å². The summed E-state index contributed by atoms with van der Waals surface area (Å²) in [7, 11) is 3.66. The second-order valence-electron chi connectivity index (χ2n) is 8.76. The minimum Gasteiger partial charge on any atom is -0.497 e. The first-order chi connectivity index (χ1) is 15.9. The average Bonchev–Trinajstić information content (AvgIpc) is 3.18. The molecule has 3 aliphatic heterocycles. The maximum absolute atomic E-state index is 13.6. The molecule has 0 aromatic heterocycles. The normalized spacial score (nSPS) is 15.4. The average molecular weight is 441 g/mol. The molecule has 0 aliphatic carbocycles. The van der Waals surface area contributed by atoms with Crippen LogP contribution in [0.3, 0.4) is 0 Å². The number of hydrogen-bond acceptors (Lipinski definition) is 3. The summed E-state index contributed by atoms with van der Waals surface area (Å²) >= 11 is 0. The van der Waals surface area contributed by atoms with Gasteiger partial charge < -0.3 is 19.5 Å². The molecule has 6 heteroatoms. The summed E-state index contributed by atoms with van der Waals surface area (Å²) in [6, 6.07) is 17.7. The number of nitrogens with one attached hydrogen (secondary N) is 1. The number of hydrogen-bond donors (Lipinski definition) is 1. The number of pyridine rings is 1. The number of aryl methyl sites for hydroxylation is 3. The molecule has 1 atom stereocenters. The topological polar surface area (TPSA) is 59.4 Å². The molecule has 2 aromatic rings. The first kappa shape index (κ1) is 21.1. The van der Waals surface area contributed by atoms with Crippen LogP contribution in [0.15, 0.2) is 60.8 Å². The number of urea groups is 1. The molecule has 3 heterocycles. The van der Waals surface area contributed by atoms with Crippen LogP contribution in [0.4, 0.5) is 10.5 Å². The van der Waals surface area contributed by atoms with Gasteiger partial charge in [0.2, 0.25) is 0 Å². The predicted molar refractivity (Wildman–Crippen MR) is 130 cm³/mol. The van der Waals surface area contributed by atoms with Gasteiger partial charge in [0.05, 0.1) is 12.8 Å². The van der Waals surface area contributed by atoms with E-state index in [1.807, 2.05) is 79.0 Å². The highest BCUT2D eigenvalue weighted by Gasteiger charge is 2.37. The standard InChI is InChI=1S/C27H28N4O2/c1-17-13-18(2)15-20(14-17)28-27(32)31-12-10-22-23-9-6-11-30(3)26(23)29-24(22)25(31)19-7-5-8-21(16-19)33-4/h5-9,11,13-16,25H,10,12H2,1-4H3,(H,28,32). The zero-order chi connectivity index (χ0) is 23.1. The number of fused-ring (bicyclic) bond motifs is 3. The molecule has 0 bridgehead atoms. The smallest absolute Gasteiger partial charge is 0.322 e. The Kier molecular flexibility index (Phi) is 5.29. The third-order valence-corrected chi connectivity index (χ3v) is 6.32. The zero-order valence-corrected chi connectivity index (χ0v) is 19.4. The van der Waals surface area contributed by atoms with Crippen molar-refractivity contribution in [1.82, 2.24) is 14.5 Å². The maximum Gasteiger partial charge on any atom is 0.322 e. The molecule has 1 N–H and O–H groups in total. The lowest BCUT2D eigenvalue weighted by Crippen LogP contribution is -2.43. The predicted octanol–water partition coefficient (Wildman–Crippen LogP) is 5.33. The summed E-state index contributed by atoms with van der Waals surface area (Å²) < 4.78 is 7.52. The molecule has 2 amide bonds. The Morgan fingerprint density at radius 3 is 2.64 bits per heavy atom. The number of ether oxygens (including phenoxy) is 1. The summed E-state index contributed by atoms with van der Waals surface area (Å²) in [6.45, 7) is 4.67. The van der Waals surface area contributed by atoms with Gasteiger partial charge in [-0.1, -0.05) is 18.2 Å². The van der Waals surface area contributed by atoms with Gasteiger partial charge in [-0.05, 0) is 78.9 Å². The van der Waals surface area contributed by atoms with Crippen molar-refractivity contribution >= 4 is 11.7 Å². The fourth-order valence-electron chi connectivity index (χ4n) is 4.91. The van der Waals surface area contributed by atoms with E-state index in [9.17, 15) is 4.79 Å². The molecule has 0 saturated carbocycles. The first-order valence-corrected chi connectivity index (χ1v) is 11.2. The van der Waals surface area contributed by atoms with Crippen LogP contribution in [-0.2, 0) is 13.5 Å². The van der Waals surface area contributed by atoms with E-state index in [1.54, 1.807) is 7.11 Å². The molecule has 0 radical (unpaired) electrons. The largest absolute Gasteiger partial charge is 0.497 e. The van der Waals surface area contributed by atoms with E-state index < -0.39 is 0 Å². The molecule has 0 saturated heterocycles. The van der Waals surface area contributed by atoms with Crippen LogP contribution >= 0.6 is 0 Å². The first-order valence-electron chi connectivity index (χ1n) is 11.2. The lowest BCUT2D eigenvalue weighted by Gasteiger charge is -2.35. The van der Waals surface area contributed by atoms with Crippen molar-refractivity contribution in [1.29, 1.82) is 0 Å². The Bertz CT molecular complexity index is 1290. The van der Waals surface area contributed by atoms with Gasteiger partial charge in [-0.2, -0.15) is 0 Å². The van der Waals surface area contributed by atoms with Gasteiger partial charge in [0.25, 0.3) is 0 Å². The quantitative estimate of drug-likeness (QED) is 0.468. The van der Waals surface area contributed by atoms with Crippen LogP contribution in [0.5, 0.6) is 5.75 Å². The highest BCUT2D eigenvalue weighted by atomic mass is 16.5. The second kappa shape index (κ2) is 8.28. The van der Waals surface area contributed by atoms with E-state index >= 15 is 0 Å². The number of methoxy groups -OCH3 is 1. The molecule has 1 unspecified atom stereocenters. The molecule has 0 spiro atoms. The van der Waals surface area contributed by atoms with Crippen molar-refractivity contribution in [3.8, 4) is 17.1 Å². The van der Waals surface area contributed by atoms with E-state index in [-0.39, 0.29) is 12.1 Å². The monoisotopic (exact) mass is 440 g/mol. The lowest BCUT2D eigenvalue weighted by molar-refractivity contribution is 0.193. The van der Waals surface area contributed by atoms with Gasteiger partial charge in [0.1, 0.15) is 17.6 Å². The number of rotatable bonds is 3. The zero-order valence-electron chi connectivity index (χ0n) is 19.4. The molecule has 33 heavy (non-hydrogen) atoms. The van der Waals surface area contributed by atoms with Crippen molar-refractivity contribution in [2.45, 2.75) is 26.3 Å². The summed E-state index contributed by atoms with van der Waals surface area (Å²) in [5.41, 5.74) is 7.32. The Hall–Kier alpha value is -3.80. The summed E-state index contributed by atoms with van der Waals surface area (Å²) in [5, 5.41) is 3.12. The van der Waals surface area contributed by atoms with Crippen molar-refractivity contribution in [2.24, 2.45) is 7.05 Å².